The molecule has 1 N–H and O–H groups in total. The number of rotatable bonds is 3. The number of aryl methyl sites for hydroxylation is 1. The highest BCUT2D eigenvalue weighted by atomic mass is 16.2. The predicted octanol–water partition coefficient (Wildman–Crippen LogP) is 1.98. The van der Waals surface area contributed by atoms with Crippen molar-refractivity contribution in [2.45, 2.75) is 45.2 Å². The minimum Gasteiger partial charge on any atom is -0.371 e. The molecule has 2 aromatic rings. The first-order valence-corrected chi connectivity index (χ1v) is 7.97. The molecule has 1 saturated heterocycles. The molecule has 3 heterocycles. The van der Waals surface area contributed by atoms with Crippen molar-refractivity contribution in [1.82, 2.24) is 19.6 Å². The Balaban J connectivity index is 1.73. The average molecular weight is 316 g/mol. The van der Waals surface area contributed by atoms with Gasteiger partial charge in [-0.1, -0.05) is 0 Å². The van der Waals surface area contributed by atoms with Crippen molar-refractivity contribution >= 4 is 17.4 Å². The van der Waals surface area contributed by atoms with E-state index in [0.717, 1.165) is 30.9 Å². The standard InChI is InChI=1S/C16H24N6O/c1-16(2,3)22-11-12(10-17-22)18-13-6-5-8-21(15(13)23)14-7-9-20(4)19-14/h7,9-11,13,18H,5-6,8H2,1-4H3. The monoisotopic (exact) mass is 316 g/mol. The number of amides is 1. The van der Waals surface area contributed by atoms with E-state index in [1.165, 1.54) is 0 Å². The molecular weight excluding hydrogens is 292 g/mol. The van der Waals surface area contributed by atoms with Crippen LogP contribution in [0.2, 0.25) is 0 Å². The molecule has 23 heavy (non-hydrogen) atoms. The first-order valence-electron chi connectivity index (χ1n) is 7.97. The molecule has 0 spiro atoms. The fraction of sp³-hybridized carbons (Fsp3) is 0.562. The fourth-order valence-electron chi connectivity index (χ4n) is 2.75. The highest BCUT2D eigenvalue weighted by Gasteiger charge is 2.31. The summed E-state index contributed by atoms with van der Waals surface area (Å²) in [5.74, 6) is 0.785. The van der Waals surface area contributed by atoms with Gasteiger partial charge in [0, 0.05) is 32.1 Å². The lowest BCUT2D eigenvalue weighted by atomic mass is 10.0. The van der Waals surface area contributed by atoms with Gasteiger partial charge < -0.3 is 5.32 Å². The first kappa shape index (κ1) is 15.6. The van der Waals surface area contributed by atoms with E-state index in [9.17, 15) is 4.79 Å². The van der Waals surface area contributed by atoms with E-state index < -0.39 is 0 Å². The van der Waals surface area contributed by atoms with Crippen LogP contribution in [0.1, 0.15) is 33.6 Å². The topological polar surface area (TPSA) is 68.0 Å². The predicted molar refractivity (Wildman–Crippen MR) is 89.4 cm³/mol. The van der Waals surface area contributed by atoms with Gasteiger partial charge >= 0.3 is 0 Å². The maximum Gasteiger partial charge on any atom is 0.250 e. The summed E-state index contributed by atoms with van der Waals surface area (Å²) in [6.07, 6.45) is 7.36. The molecule has 3 rings (SSSR count). The summed E-state index contributed by atoms with van der Waals surface area (Å²) in [4.78, 5) is 14.5. The molecule has 0 aromatic carbocycles. The van der Waals surface area contributed by atoms with Crippen LogP contribution >= 0.6 is 0 Å². The van der Waals surface area contributed by atoms with E-state index in [2.05, 4.69) is 36.3 Å². The summed E-state index contributed by atoms with van der Waals surface area (Å²) in [6, 6.07) is 1.64. The van der Waals surface area contributed by atoms with Gasteiger partial charge in [-0.3, -0.25) is 19.1 Å². The largest absolute Gasteiger partial charge is 0.371 e. The lowest BCUT2D eigenvalue weighted by molar-refractivity contribution is -0.120. The van der Waals surface area contributed by atoms with Crippen LogP contribution in [-0.2, 0) is 17.4 Å². The molecule has 1 unspecified atom stereocenters. The van der Waals surface area contributed by atoms with E-state index in [1.54, 1.807) is 15.8 Å². The molecule has 1 amide bonds. The van der Waals surface area contributed by atoms with Crippen LogP contribution in [0.5, 0.6) is 0 Å². The second kappa shape index (κ2) is 5.72. The molecule has 0 saturated carbocycles. The van der Waals surface area contributed by atoms with Crippen molar-refractivity contribution in [3.8, 4) is 0 Å². The Bertz CT molecular complexity index is 695. The zero-order valence-corrected chi connectivity index (χ0v) is 14.2. The third kappa shape index (κ3) is 3.23. The molecule has 1 aliphatic heterocycles. The van der Waals surface area contributed by atoms with E-state index in [4.69, 9.17) is 0 Å². The highest BCUT2D eigenvalue weighted by molar-refractivity contribution is 5.98. The van der Waals surface area contributed by atoms with Crippen LogP contribution in [0, 0.1) is 0 Å². The SMILES string of the molecule is Cn1ccc(N2CCCC(Nc3cnn(C(C)(C)C)c3)C2=O)n1. The number of aromatic nitrogens is 4. The lowest BCUT2D eigenvalue weighted by Crippen LogP contribution is -2.48. The average Bonchev–Trinajstić information content (AvgIpc) is 3.10. The normalized spacial score (nSPS) is 19.2. The summed E-state index contributed by atoms with van der Waals surface area (Å²) in [7, 11) is 1.86. The van der Waals surface area contributed by atoms with Gasteiger partial charge in [-0.25, -0.2) is 0 Å². The van der Waals surface area contributed by atoms with Gasteiger partial charge in [-0.2, -0.15) is 10.2 Å². The van der Waals surface area contributed by atoms with Gasteiger partial charge in [0.25, 0.3) is 5.91 Å². The lowest BCUT2D eigenvalue weighted by Gasteiger charge is -2.31. The Morgan fingerprint density at radius 3 is 2.74 bits per heavy atom. The van der Waals surface area contributed by atoms with Crippen LogP contribution in [0.25, 0.3) is 0 Å². The number of piperidine rings is 1. The van der Waals surface area contributed by atoms with Crippen LogP contribution in [0.4, 0.5) is 11.5 Å². The second-order valence-electron chi connectivity index (χ2n) is 7.02. The molecular formula is C16H24N6O. The van der Waals surface area contributed by atoms with Crippen LogP contribution in [0.15, 0.2) is 24.7 Å². The minimum atomic E-state index is -0.233. The molecule has 0 aliphatic carbocycles. The maximum atomic E-state index is 12.7. The third-order valence-corrected chi connectivity index (χ3v) is 4.03. The maximum absolute atomic E-state index is 12.7. The van der Waals surface area contributed by atoms with Gasteiger partial charge in [-0.15, -0.1) is 0 Å². The number of hydrogen-bond acceptors (Lipinski definition) is 4. The molecule has 7 heteroatoms. The quantitative estimate of drug-likeness (QED) is 0.940. The van der Waals surface area contributed by atoms with Crippen molar-refractivity contribution in [2.75, 3.05) is 16.8 Å². The zero-order chi connectivity index (χ0) is 16.6. The number of hydrogen-bond donors (Lipinski definition) is 1. The molecule has 0 radical (unpaired) electrons. The van der Waals surface area contributed by atoms with Gasteiger partial charge in [0.05, 0.1) is 17.4 Å². The minimum absolute atomic E-state index is 0.0680. The molecule has 7 nitrogen and oxygen atoms in total. The van der Waals surface area contributed by atoms with Gasteiger partial charge in [0.15, 0.2) is 5.82 Å². The summed E-state index contributed by atoms with van der Waals surface area (Å²) in [5, 5.41) is 12.0. The number of carbonyl (C=O) groups is 1. The highest BCUT2D eigenvalue weighted by Crippen LogP contribution is 2.22. The van der Waals surface area contributed by atoms with Crippen molar-refractivity contribution in [3.63, 3.8) is 0 Å². The molecule has 2 aromatic heterocycles. The van der Waals surface area contributed by atoms with Gasteiger partial charge in [0.2, 0.25) is 0 Å². The number of anilines is 2. The van der Waals surface area contributed by atoms with E-state index in [-0.39, 0.29) is 17.5 Å². The molecule has 124 valence electrons. The summed E-state index contributed by atoms with van der Waals surface area (Å²) in [5.41, 5.74) is 0.803. The van der Waals surface area contributed by atoms with Crippen LogP contribution < -0.4 is 10.2 Å². The summed E-state index contributed by atoms with van der Waals surface area (Å²) >= 11 is 0. The Morgan fingerprint density at radius 2 is 2.13 bits per heavy atom. The first-order chi connectivity index (χ1) is 10.8. The molecule has 1 atom stereocenters. The smallest absolute Gasteiger partial charge is 0.250 e. The zero-order valence-electron chi connectivity index (χ0n) is 14.2. The summed E-state index contributed by atoms with van der Waals surface area (Å²) in [6.45, 7) is 7.00. The molecule has 1 fully saturated rings. The Morgan fingerprint density at radius 1 is 1.35 bits per heavy atom. The van der Waals surface area contributed by atoms with Gasteiger partial charge in [-0.05, 0) is 33.6 Å². The van der Waals surface area contributed by atoms with Crippen molar-refractivity contribution < 1.29 is 4.79 Å². The number of nitrogens with one attached hydrogen (secondary N) is 1. The summed E-state index contributed by atoms with van der Waals surface area (Å²) < 4.78 is 3.62. The molecule has 1 aliphatic rings. The van der Waals surface area contributed by atoms with Crippen molar-refractivity contribution in [3.05, 3.63) is 24.7 Å². The fourth-order valence-corrected chi connectivity index (χ4v) is 2.75. The Labute approximate surface area is 136 Å². The van der Waals surface area contributed by atoms with Gasteiger partial charge in [0.1, 0.15) is 6.04 Å². The second-order valence-corrected chi connectivity index (χ2v) is 7.02. The van der Waals surface area contributed by atoms with E-state index in [1.807, 2.05) is 30.2 Å². The van der Waals surface area contributed by atoms with E-state index in [0.29, 0.717) is 0 Å². The number of nitrogens with zero attached hydrogens (tertiary/aromatic N) is 5. The van der Waals surface area contributed by atoms with Crippen LogP contribution in [-0.4, -0.2) is 38.1 Å². The Kier molecular flexibility index (Phi) is 3.87. The number of carbonyl (C=O) groups excluding carboxylic acids is 1. The van der Waals surface area contributed by atoms with E-state index >= 15 is 0 Å². The Hall–Kier alpha value is -2.31. The van der Waals surface area contributed by atoms with Crippen molar-refractivity contribution in [1.29, 1.82) is 0 Å². The van der Waals surface area contributed by atoms with Crippen LogP contribution in [0.3, 0.4) is 0 Å². The third-order valence-electron chi connectivity index (χ3n) is 4.03. The van der Waals surface area contributed by atoms with Crippen molar-refractivity contribution in [2.24, 2.45) is 7.05 Å². The molecule has 0 bridgehead atoms.